The Hall–Kier alpha value is -2.97. The highest BCUT2D eigenvalue weighted by Crippen LogP contribution is 2.23. The van der Waals surface area contributed by atoms with Gasteiger partial charge in [0.15, 0.2) is 6.10 Å². The van der Waals surface area contributed by atoms with Crippen LogP contribution in [-0.2, 0) is 16.0 Å². The Morgan fingerprint density at radius 1 is 1.17 bits per heavy atom. The van der Waals surface area contributed by atoms with Crippen LogP contribution in [0.3, 0.4) is 0 Å². The summed E-state index contributed by atoms with van der Waals surface area (Å²) in [5, 5.41) is 12.1. The molecule has 1 unspecified atom stereocenters. The van der Waals surface area contributed by atoms with Crippen molar-refractivity contribution in [3.8, 4) is 11.3 Å². The van der Waals surface area contributed by atoms with E-state index >= 15 is 0 Å². The van der Waals surface area contributed by atoms with Crippen molar-refractivity contribution in [2.75, 3.05) is 45.7 Å². The number of hydrogen-bond donors (Lipinski definition) is 2. The number of carboxylic acid groups (broad SMARTS) is 1. The van der Waals surface area contributed by atoms with Crippen LogP contribution in [0.25, 0.3) is 11.3 Å². The van der Waals surface area contributed by atoms with Crippen molar-refractivity contribution >= 4 is 17.7 Å². The van der Waals surface area contributed by atoms with Crippen molar-refractivity contribution < 1.29 is 19.4 Å². The molecule has 8 nitrogen and oxygen atoms in total. The molecule has 1 aromatic heterocycles. The van der Waals surface area contributed by atoms with Gasteiger partial charge in [-0.3, -0.25) is 9.88 Å². The molecule has 0 aliphatic carbocycles. The van der Waals surface area contributed by atoms with Gasteiger partial charge in [0, 0.05) is 50.6 Å². The average molecular weight is 415 g/mol. The van der Waals surface area contributed by atoms with Crippen LogP contribution in [0.5, 0.6) is 0 Å². The van der Waals surface area contributed by atoms with Gasteiger partial charge in [-0.25, -0.2) is 9.59 Å². The minimum absolute atomic E-state index is 0.181. The van der Waals surface area contributed by atoms with Crippen LogP contribution < -0.4 is 10.2 Å². The Labute approximate surface area is 177 Å². The van der Waals surface area contributed by atoms with Gasteiger partial charge >= 0.3 is 12.0 Å². The van der Waals surface area contributed by atoms with Gasteiger partial charge in [0.25, 0.3) is 0 Å². The number of pyridine rings is 1. The summed E-state index contributed by atoms with van der Waals surface area (Å²) in [6.07, 6.45) is 1.10. The van der Waals surface area contributed by atoms with Crippen LogP contribution >= 0.6 is 0 Å². The fourth-order valence-electron chi connectivity index (χ4n) is 2.85. The van der Waals surface area contributed by atoms with E-state index in [1.54, 1.807) is 31.1 Å². The maximum atomic E-state index is 12.3. The molecule has 0 saturated carbocycles. The first-order valence-electron chi connectivity index (χ1n) is 9.87. The number of benzene rings is 1. The lowest BCUT2D eigenvalue weighted by Crippen LogP contribution is -2.40. The molecule has 0 spiro atoms. The average Bonchev–Trinajstić information content (AvgIpc) is 2.73. The van der Waals surface area contributed by atoms with Gasteiger partial charge in [0.05, 0.1) is 5.69 Å². The number of nitrogens with zero attached hydrogens (tertiary/aromatic N) is 3. The van der Waals surface area contributed by atoms with Gasteiger partial charge < -0.3 is 20.1 Å². The molecule has 0 fully saturated rings. The Bertz CT molecular complexity index is 839. The number of aliphatic carboxylic acids is 1. The molecule has 1 aromatic carbocycles. The SMILES string of the molecule is CCOC(Cc1ccc(-c2cc(N(C)C(=O)NCCN(C)C)ccn2)cc1)C(=O)O. The monoisotopic (exact) mass is 414 g/mol. The van der Waals surface area contributed by atoms with Gasteiger partial charge in [0.1, 0.15) is 0 Å². The third-order valence-electron chi connectivity index (χ3n) is 4.58. The summed E-state index contributed by atoms with van der Waals surface area (Å²) < 4.78 is 5.27. The number of carbonyl (C=O) groups is 2. The summed E-state index contributed by atoms with van der Waals surface area (Å²) in [7, 11) is 5.62. The van der Waals surface area contributed by atoms with E-state index in [9.17, 15) is 14.7 Å². The number of ether oxygens (including phenoxy) is 1. The highest BCUT2D eigenvalue weighted by molar-refractivity contribution is 5.91. The molecule has 2 amide bonds. The number of likely N-dealkylation sites (N-methyl/N-ethyl adjacent to an activating group) is 1. The van der Waals surface area contributed by atoms with E-state index in [-0.39, 0.29) is 6.03 Å². The summed E-state index contributed by atoms with van der Waals surface area (Å²) in [4.78, 5) is 31.6. The maximum Gasteiger partial charge on any atom is 0.333 e. The molecule has 2 aromatic rings. The van der Waals surface area contributed by atoms with Crippen molar-refractivity contribution in [1.82, 2.24) is 15.2 Å². The lowest BCUT2D eigenvalue weighted by molar-refractivity contribution is -0.149. The zero-order chi connectivity index (χ0) is 22.1. The first kappa shape index (κ1) is 23.3. The van der Waals surface area contributed by atoms with E-state index in [1.165, 1.54) is 0 Å². The highest BCUT2D eigenvalue weighted by Gasteiger charge is 2.18. The normalized spacial score (nSPS) is 11.9. The van der Waals surface area contributed by atoms with Gasteiger partial charge in [-0.05, 0) is 38.7 Å². The predicted octanol–water partition coefficient (Wildman–Crippen LogP) is 2.49. The van der Waals surface area contributed by atoms with Crippen LogP contribution in [0.15, 0.2) is 42.6 Å². The lowest BCUT2D eigenvalue weighted by Gasteiger charge is -2.19. The molecule has 30 heavy (non-hydrogen) atoms. The van der Waals surface area contributed by atoms with Gasteiger partial charge in [-0.1, -0.05) is 24.3 Å². The van der Waals surface area contributed by atoms with Crippen molar-refractivity contribution in [3.63, 3.8) is 0 Å². The smallest absolute Gasteiger partial charge is 0.333 e. The van der Waals surface area contributed by atoms with Crippen molar-refractivity contribution in [2.45, 2.75) is 19.4 Å². The number of carbonyl (C=O) groups excluding carboxylic acids is 1. The van der Waals surface area contributed by atoms with Gasteiger partial charge in [-0.15, -0.1) is 0 Å². The summed E-state index contributed by atoms with van der Waals surface area (Å²) in [6, 6.07) is 11.0. The fraction of sp³-hybridized carbons (Fsp3) is 0.409. The summed E-state index contributed by atoms with van der Waals surface area (Å²) in [5.41, 5.74) is 3.21. The first-order chi connectivity index (χ1) is 14.3. The second-order valence-corrected chi connectivity index (χ2v) is 7.18. The van der Waals surface area contributed by atoms with Crippen molar-refractivity contribution in [1.29, 1.82) is 0 Å². The van der Waals surface area contributed by atoms with E-state index in [1.807, 2.05) is 49.3 Å². The number of anilines is 1. The third-order valence-corrected chi connectivity index (χ3v) is 4.58. The summed E-state index contributed by atoms with van der Waals surface area (Å²) in [5.74, 6) is -0.970. The Morgan fingerprint density at radius 2 is 1.87 bits per heavy atom. The highest BCUT2D eigenvalue weighted by atomic mass is 16.5. The molecular weight excluding hydrogens is 384 g/mol. The second kappa shape index (κ2) is 11.3. The number of carboxylic acids is 1. The molecule has 2 rings (SSSR count). The van der Waals surface area contributed by atoms with Crippen LogP contribution in [0.4, 0.5) is 10.5 Å². The number of aromatic nitrogens is 1. The van der Waals surface area contributed by atoms with E-state index < -0.39 is 12.1 Å². The zero-order valence-corrected chi connectivity index (χ0v) is 18.0. The molecule has 1 atom stereocenters. The van der Waals surface area contributed by atoms with E-state index in [0.29, 0.717) is 19.6 Å². The standard InChI is InChI=1S/C22H30N4O4/c1-5-30-20(21(27)28)14-16-6-8-17(9-7-16)19-15-18(10-11-23-19)26(4)22(29)24-12-13-25(2)3/h6-11,15,20H,5,12-14H2,1-4H3,(H,24,29)(H,27,28). The van der Waals surface area contributed by atoms with Crippen LogP contribution in [0, 0.1) is 0 Å². The summed E-state index contributed by atoms with van der Waals surface area (Å²) in [6.45, 7) is 3.45. The molecule has 0 saturated heterocycles. The number of nitrogens with one attached hydrogen (secondary N) is 1. The Balaban J connectivity index is 2.08. The first-order valence-corrected chi connectivity index (χ1v) is 9.87. The number of rotatable bonds is 10. The largest absolute Gasteiger partial charge is 0.479 e. The molecule has 1 heterocycles. The van der Waals surface area contributed by atoms with Crippen LogP contribution in [-0.4, -0.2) is 73.9 Å². The minimum atomic E-state index is -0.970. The molecule has 0 bridgehead atoms. The molecule has 0 aliphatic rings. The van der Waals surface area contributed by atoms with E-state index in [2.05, 4.69) is 10.3 Å². The summed E-state index contributed by atoms with van der Waals surface area (Å²) >= 11 is 0. The fourth-order valence-corrected chi connectivity index (χ4v) is 2.85. The maximum absolute atomic E-state index is 12.3. The minimum Gasteiger partial charge on any atom is -0.479 e. The van der Waals surface area contributed by atoms with Crippen LogP contribution in [0.2, 0.25) is 0 Å². The Kier molecular flexibility index (Phi) is 8.76. The molecular formula is C22H30N4O4. The molecule has 8 heteroatoms. The van der Waals surface area contributed by atoms with E-state index in [4.69, 9.17) is 4.74 Å². The van der Waals surface area contributed by atoms with E-state index in [0.717, 1.165) is 29.1 Å². The zero-order valence-electron chi connectivity index (χ0n) is 18.0. The topological polar surface area (TPSA) is 95.0 Å². The number of urea groups is 1. The van der Waals surface area contributed by atoms with Crippen molar-refractivity contribution in [2.24, 2.45) is 0 Å². The van der Waals surface area contributed by atoms with Crippen molar-refractivity contribution in [3.05, 3.63) is 48.2 Å². The molecule has 162 valence electrons. The third kappa shape index (κ3) is 6.82. The van der Waals surface area contributed by atoms with Gasteiger partial charge in [0.2, 0.25) is 0 Å². The molecule has 0 aliphatic heterocycles. The lowest BCUT2D eigenvalue weighted by atomic mass is 10.0. The molecule has 0 radical (unpaired) electrons. The predicted molar refractivity (Wildman–Crippen MR) is 117 cm³/mol. The second-order valence-electron chi connectivity index (χ2n) is 7.18. The van der Waals surface area contributed by atoms with Crippen LogP contribution in [0.1, 0.15) is 12.5 Å². The number of hydrogen-bond acceptors (Lipinski definition) is 5. The molecule has 2 N–H and O–H groups in total. The quantitative estimate of drug-likeness (QED) is 0.620. The Morgan fingerprint density at radius 3 is 2.47 bits per heavy atom. The number of amides is 2. The van der Waals surface area contributed by atoms with Gasteiger partial charge in [-0.2, -0.15) is 0 Å².